The number of hydrogen-bond acceptors (Lipinski definition) is 6. The first kappa shape index (κ1) is 20.6. The molecule has 0 aliphatic carbocycles. The van der Waals surface area contributed by atoms with Crippen LogP contribution in [0.5, 0.6) is 0 Å². The highest BCUT2D eigenvalue weighted by atomic mass is 35.5. The minimum absolute atomic E-state index is 0.0834. The summed E-state index contributed by atoms with van der Waals surface area (Å²) < 4.78 is 21.7. The van der Waals surface area contributed by atoms with Crippen molar-refractivity contribution in [1.82, 2.24) is 0 Å². The Bertz CT molecular complexity index is 822. The highest BCUT2D eigenvalue weighted by molar-refractivity contribution is 6.30. The van der Waals surface area contributed by atoms with Gasteiger partial charge in [0.15, 0.2) is 6.29 Å². The van der Waals surface area contributed by atoms with E-state index < -0.39 is 30.4 Å². The van der Waals surface area contributed by atoms with Crippen molar-refractivity contribution in [1.29, 1.82) is 0 Å². The van der Waals surface area contributed by atoms with Gasteiger partial charge < -0.3 is 18.9 Å². The zero-order chi connectivity index (χ0) is 20.1. The van der Waals surface area contributed by atoms with Crippen LogP contribution >= 0.6 is 23.2 Å². The fourth-order valence-corrected chi connectivity index (χ4v) is 2.97. The molecule has 0 unspecified atom stereocenters. The standard InChI is InChI=1S/C20H18Cl2O6/c1-25-18-10-16(28-20(24)13-4-8-15(22)9-5-13)17(27-18)11-26-19(23)12-2-6-14(21)7-3-12/h2-9,16-18H,10-11H2,1H3/t16-,17+,18-/m0/s1. The maximum atomic E-state index is 12.4. The second kappa shape index (κ2) is 9.39. The first-order chi connectivity index (χ1) is 13.5. The van der Waals surface area contributed by atoms with E-state index in [1.54, 1.807) is 48.5 Å². The van der Waals surface area contributed by atoms with Crippen LogP contribution in [0.1, 0.15) is 27.1 Å². The van der Waals surface area contributed by atoms with Crippen molar-refractivity contribution in [3.05, 3.63) is 69.7 Å². The minimum atomic E-state index is -0.641. The number of ether oxygens (including phenoxy) is 4. The summed E-state index contributed by atoms with van der Waals surface area (Å²) in [5.41, 5.74) is 0.725. The highest BCUT2D eigenvalue weighted by Crippen LogP contribution is 2.26. The number of halogens is 2. The van der Waals surface area contributed by atoms with E-state index >= 15 is 0 Å². The van der Waals surface area contributed by atoms with Crippen LogP contribution in [-0.2, 0) is 18.9 Å². The van der Waals surface area contributed by atoms with Crippen molar-refractivity contribution in [3.8, 4) is 0 Å². The van der Waals surface area contributed by atoms with Gasteiger partial charge in [-0.15, -0.1) is 0 Å². The fraction of sp³-hybridized carbons (Fsp3) is 0.300. The lowest BCUT2D eigenvalue weighted by molar-refractivity contribution is -0.128. The van der Waals surface area contributed by atoms with Gasteiger partial charge in [0.25, 0.3) is 0 Å². The molecule has 0 N–H and O–H groups in total. The zero-order valence-corrected chi connectivity index (χ0v) is 16.5. The van der Waals surface area contributed by atoms with Gasteiger partial charge in [0.05, 0.1) is 11.1 Å². The van der Waals surface area contributed by atoms with Gasteiger partial charge in [-0.2, -0.15) is 0 Å². The molecule has 3 atom stereocenters. The van der Waals surface area contributed by atoms with Crippen molar-refractivity contribution in [3.63, 3.8) is 0 Å². The molecule has 1 fully saturated rings. The third-order valence-electron chi connectivity index (χ3n) is 4.23. The normalized spacial score (nSPS) is 21.3. The number of carbonyl (C=O) groups is 2. The first-order valence-corrected chi connectivity index (χ1v) is 9.29. The summed E-state index contributed by atoms with van der Waals surface area (Å²) >= 11 is 11.6. The summed E-state index contributed by atoms with van der Waals surface area (Å²) in [4.78, 5) is 24.5. The van der Waals surface area contributed by atoms with Crippen molar-refractivity contribution in [2.45, 2.75) is 24.9 Å². The van der Waals surface area contributed by atoms with E-state index in [0.29, 0.717) is 27.6 Å². The van der Waals surface area contributed by atoms with Gasteiger partial charge >= 0.3 is 11.9 Å². The van der Waals surface area contributed by atoms with Crippen LogP contribution in [0.15, 0.2) is 48.5 Å². The van der Waals surface area contributed by atoms with Crippen LogP contribution < -0.4 is 0 Å². The predicted octanol–water partition coefficient (Wildman–Crippen LogP) is 4.14. The topological polar surface area (TPSA) is 71.1 Å². The highest BCUT2D eigenvalue weighted by Gasteiger charge is 2.39. The lowest BCUT2D eigenvalue weighted by Gasteiger charge is -2.18. The number of benzene rings is 2. The Balaban J connectivity index is 1.61. The van der Waals surface area contributed by atoms with Gasteiger partial charge in [-0.1, -0.05) is 23.2 Å². The van der Waals surface area contributed by atoms with Crippen molar-refractivity contribution in [2.24, 2.45) is 0 Å². The molecule has 1 heterocycles. The Hall–Kier alpha value is -2.12. The molecular formula is C20H18Cl2O6. The second-order valence-corrected chi connectivity index (χ2v) is 7.00. The van der Waals surface area contributed by atoms with Crippen LogP contribution in [-0.4, -0.2) is 44.2 Å². The summed E-state index contributed by atoms with van der Waals surface area (Å²) in [7, 11) is 1.49. The second-order valence-electron chi connectivity index (χ2n) is 6.13. The number of rotatable bonds is 6. The largest absolute Gasteiger partial charge is 0.459 e. The van der Waals surface area contributed by atoms with Crippen molar-refractivity contribution < 1.29 is 28.5 Å². The van der Waals surface area contributed by atoms with E-state index in [0.717, 1.165) is 0 Å². The predicted molar refractivity (Wildman–Crippen MR) is 103 cm³/mol. The maximum absolute atomic E-state index is 12.4. The molecule has 0 saturated carbocycles. The minimum Gasteiger partial charge on any atom is -0.459 e. The van der Waals surface area contributed by atoms with E-state index in [4.69, 9.17) is 42.1 Å². The molecule has 148 valence electrons. The van der Waals surface area contributed by atoms with E-state index in [-0.39, 0.29) is 6.61 Å². The molecular weight excluding hydrogens is 407 g/mol. The molecule has 1 aliphatic heterocycles. The Morgan fingerprint density at radius 2 is 1.50 bits per heavy atom. The Kier molecular flexibility index (Phi) is 6.91. The van der Waals surface area contributed by atoms with Crippen LogP contribution in [0.25, 0.3) is 0 Å². The van der Waals surface area contributed by atoms with Crippen molar-refractivity contribution >= 4 is 35.1 Å². The molecule has 3 rings (SSSR count). The van der Waals surface area contributed by atoms with Gasteiger partial charge in [-0.05, 0) is 48.5 Å². The van der Waals surface area contributed by atoms with Crippen LogP contribution in [0.3, 0.4) is 0 Å². The number of esters is 2. The van der Waals surface area contributed by atoms with E-state index in [1.807, 2.05) is 0 Å². The van der Waals surface area contributed by atoms with E-state index in [1.165, 1.54) is 7.11 Å². The lowest BCUT2D eigenvalue weighted by Crippen LogP contribution is -2.32. The molecule has 0 radical (unpaired) electrons. The average Bonchev–Trinajstić information content (AvgIpc) is 3.09. The Labute approximate surface area is 172 Å². The van der Waals surface area contributed by atoms with Gasteiger partial charge in [0.1, 0.15) is 18.8 Å². The van der Waals surface area contributed by atoms with E-state index in [2.05, 4.69) is 0 Å². The summed E-state index contributed by atoms with van der Waals surface area (Å²) in [5.74, 6) is -1.04. The first-order valence-electron chi connectivity index (χ1n) is 8.54. The number of methoxy groups -OCH3 is 1. The van der Waals surface area contributed by atoms with Gasteiger partial charge in [-0.25, -0.2) is 9.59 Å². The molecule has 0 spiro atoms. The van der Waals surface area contributed by atoms with Crippen LogP contribution in [0, 0.1) is 0 Å². The SMILES string of the molecule is CO[C@@H]1C[C@H](OC(=O)c2ccc(Cl)cc2)[C@@H](COC(=O)c2ccc(Cl)cc2)O1. The van der Waals surface area contributed by atoms with E-state index in [9.17, 15) is 9.59 Å². The van der Waals surface area contributed by atoms with Crippen molar-refractivity contribution in [2.75, 3.05) is 13.7 Å². The zero-order valence-electron chi connectivity index (χ0n) is 15.0. The molecule has 2 aromatic carbocycles. The van der Waals surface area contributed by atoms with Crippen LogP contribution in [0.4, 0.5) is 0 Å². The monoisotopic (exact) mass is 424 g/mol. The molecule has 2 aromatic rings. The average molecular weight is 425 g/mol. The third kappa shape index (κ3) is 5.23. The number of carbonyl (C=O) groups excluding carboxylic acids is 2. The molecule has 0 amide bonds. The molecule has 1 aliphatic rings. The van der Waals surface area contributed by atoms with Gasteiger partial charge in [0, 0.05) is 23.6 Å². The Morgan fingerprint density at radius 1 is 0.964 bits per heavy atom. The quantitative estimate of drug-likeness (QED) is 0.648. The summed E-state index contributed by atoms with van der Waals surface area (Å²) in [6.45, 7) is -0.0834. The smallest absolute Gasteiger partial charge is 0.338 e. The van der Waals surface area contributed by atoms with Gasteiger partial charge in [0.2, 0.25) is 0 Å². The fourth-order valence-electron chi connectivity index (χ4n) is 2.72. The molecule has 28 heavy (non-hydrogen) atoms. The molecule has 0 aromatic heterocycles. The maximum Gasteiger partial charge on any atom is 0.338 e. The lowest BCUT2D eigenvalue weighted by atomic mass is 10.1. The third-order valence-corrected chi connectivity index (χ3v) is 4.73. The number of hydrogen-bond donors (Lipinski definition) is 0. The summed E-state index contributed by atoms with van der Waals surface area (Å²) in [5, 5.41) is 1.04. The molecule has 6 nitrogen and oxygen atoms in total. The summed E-state index contributed by atoms with van der Waals surface area (Å²) in [6.07, 6.45) is -1.48. The molecule has 8 heteroatoms. The summed E-state index contributed by atoms with van der Waals surface area (Å²) in [6, 6.07) is 12.7. The van der Waals surface area contributed by atoms with Gasteiger partial charge in [-0.3, -0.25) is 0 Å². The van der Waals surface area contributed by atoms with Crippen LogP contribution in [0.2, 0.25) is 10.0 Å². The Morgan fingerprint density at radius 3 is 2.04 bits per heavy atom. The molecule has 0 bridgehead atoms. The molecule has 1 saturated heterocycles.